The first-order chi connectivity index (χ1) is 7.15. The number of aromatic nitrogens is 4. The normalized spacial score (nSPS) is 10.5. The highest BCUT2D eigenvalue weighted by Gasteiger charge is 2.06. The molecule has 0 saturated carbocycles. The number of aromatic amines is 1. The molecule has 2 heterocycles. The van der Waals surface area contributed by atoms with Crippen LogP contribution in [0.1, 0.15) is 5.56 Å². The van der Waals surface area contributed by atoms with Gasteiger partial charge in [0.25, 0.3) is 5.56 Å². The molecule has 2 aromatic rings. The Morgan fingerprint density at radius 3 is 2.93 bits per heavy atom. The predicted molar refractivity (Wildman–Crippen MR) is 61.3 cm³/mol. The Kier molecular flexibility index (Phi) is 3.17. The molecule has 0 saturated heterocycles. The number of H-pyrrole nitrogens is 1. The third-order valence-electron chi connectivity index (χ3n) is 1.52. The van der Waals surface area contributed by atoms with Crippen molar-refractivity contribution in [3.8, 4) is 0 Å². The molecule has 0 aromatic carbocycles. The molecule has 0 aliphatic carbocycles. The van der Waals surface area contributed by atoms with E-state index in [1.165, 1.54) is 29.3 Å². The van der Waals surface area contributed by atoms with Crippen molar-refractivity contribution in [1.29, 1.82) is 0 Å². The van der Waals surface area contributed by atoms with Gasteiger partial charge in [-0.3, -0.25) is 4.79 Å². The van der Waals surface area contributed by atoms with E-state index in [9.17, 15) is 4.79 Å². The molecule has 0 amide bonds. The molecule has 15 heavy (non-hydrogen) atoms. The summed E-state index contributed by atoms with van der Waals surface area (Å²) in [7, 11) is 0. The van der Waals surface area contributed by atoms with Crippen LogP contribution in [0.2, 0.25) is 0 Å². The van der Waals surface area contributed by atoms with E-state index in [2.05, 4.69) is 36.1 Å². The number of nitrogens with one attached hydrogen (secondary N) is 1. The molecule has 0 atom stereocenters. The largest absolute Gasteiger partial charge is 0.301 e. The van der Waals surface area contributed by atoms with E-state index in [1.807, 2.05) is 0 Å². The maximum atomic E-state index is 11.3. The average molecular weight is 305 g/mol. The predicted octanol–water partition coefficient (Wildman–Crippen LogP) is 1.84. The molecule has 0 aliphatic rings. The molecule has 0 fully saturated rings. The third kappa shape index (κ3) is 2.64. The highest BCUT2D eigenvalue weighted by molar-refractivity contribution is 9.11. The first-order valence-electron chi connectivity index (χ1n) is 3.88. The molecule has 2 aromatic heterocycles. The van der Waals surface area contributed by atoms with E-state index in [4.69, 9.17) is 0 Å². The fourth-order valence-corrected chi connectivity index (χ4v) is 3.12. The van der Waals surface area contributed by atoms with Gasteiger partial charge in [0.1, 0.15) is 0 Å². The molecule has 0 bridgehead atoms. The van der Waals surface area contributed by atoms with Crippen LogP contribution in [0.15, 0.2) is 24.4 Å². The second kappa shape index (κ2) is 4.42. The molecule has 8 heteroatoms. The molecular formula is C7H5BrN4OS2. The van der Waals surface area contributed by atoms with Crippen LogP contribution in [0, 0.1) is 6.92 Å². The summed E-state index contributed by atoms with van der Waals surface area (Å²) < 4.78 is 1.44. The van der Waals surface area contributed by atoms with E-state index in [-0.39, 0.29) is 5.56 Å². The van der Waals surface area contributed by atoms with Crippen molar-refractivity contribution in [2.75, 3.05) is 0 Å². The van der Waals surface area contributed by atoms with Crippen molar-refractivity contribution in [1.82, 2.24) is 20.2 Å². The topological polar surface area (TPSA) is 71.5 Å². The summed E-state index contributed by atoms with van der Waals surface area (Å²) in [5, 5.41) is 8.21. The Labute approximate surface area is 101 Å². The van der Waals surface area contributed by atoms with Crippen molar-refractivity contribution < 1.29 is 0 Å². The minimum Gasteiger partial charge on any atom is -0.301 e. The SMILES string of the molecule is Cc1cnc(Sc2nnc(Br)s2)[nH]c1=O. The Balaban J connectivity index is 2.25. The lowest BCUT2D eigenvalue weighted by Crippen LogP contribution is -2.10. The standard InChI is InChI=1S/C7H5BrN4OS2/c1-3-2-9-6(10-4(3)13)15-7-12-11-5(8)14-7/h2H,1H3,(H,9,10,13). The molecule has 1 N–H and O–H groups in total. The Morgan fingerprint density at radius 1 is 1.53 bits per heavy atom. The van der Waals surface area contributed by atoms with Crippen LogP contribution in [-0.2, 0) is 0 Å². The number of aryl methyl sites for hydroxylation is 1. The van der Waals surface area contributed by atoms with Crippen molar-refractivity contribution in [3.05, 3.63) is 26.0 Å². The van der Waals surface area contributed by atoms with Crippen molar-refractivity contribution in [2.45, 2.75) is 16.4 Å². The van der Waals surface area contributed by atoms with Gasteiger partial charge >= 0.3 is 0 Å². The van der Waals surface area contributed by atoms with Crippen molar-refractivity contribution >= 4 is 39.0 Å². The molecule has 0 unspecified atom stereocenters. The highest BCUT2D eigenvalue weighted by atomic mass is 79.9. The van der Waals surface area contributed by atoms with Gasteiger partial charge in [-0.25, -0.2) is 4.98 Å². The molecule has 0 spiro atoms. The van der Waals surface area contributed by atoms with Gasteiger partial charge in [0.2, 0.25) is 0 Å². The van der Waals surface area contributed by atoms with Gasteiger partial charge in [0.05, 0.1) is 0 Å². The molecule has 0 radical (unpaired) electrons. The Hall–Kier alpha value is -0.730. The zero-order valence-corrected chi connectivity index (χ0v) is 10.7. The van der Waals surface area contributed by atoms with Gasteiger partial charge in [-0.05, 0) is 34.6 Å². The summed E-state index contributed by atoms with van der Waals surface area (Å²) in [6.45, 7) is 1.71. The minimum absolute atomic E-state index is 0.129. The fourth-order valence-electron chi connectivity index (χ4n) is 0.811. The van der Waals surface area contributed by atoms with Gasteiger partial charge in [0.15, 0.2) is 13.4 Å². The smallest absolute Gasteiger partial charge is 0.254 e. The number of hydrogen-bond acceptors (Lipinski definition) is 6. The van der Waals surface area contributed by atoms with Gasteiger partial charge in [-0.2, -0.15) is 0 Å². The maximum absolute atomic E-state index is 11.3. The van der Waals surface area contributed by atoms with Crippen molar-refractivity contribution in [3.63, 3.8) is 0 Å². The van der Waals surface area contributed by atoms with Gasteiger partial charge in [-0.15, -0.1) is 10.2 Å². The van der Waals surface area contributed by atoms with E-state index < -0.39 is 0 Å². The highest BCUT2D eigenvalue weighted by Crippen LogP contribution is 2.28. The average Bonchev–Trinajstić information content (AvgIpc) is 2.58. The Morgan fingerprint density at radius 2 is 2.33 bits per heavy atom. The van der Waals surface area contributed by atoms with Crippen LogP contribution < -0.4 is 5.56 Å². The number of hydrogen-bond donors (Lipinski definition) is 1. The number of halogens is 1. The van der Waals surface area contributed by atoms with Crippen LogP contribution >= 0.6 is 39.0 Å². The fraction of sp³-hybridized carbons (Fsp3) is 0.143. The minimum atomic E-state index is -0.129. The van der Waals surface area contributed by atoms with Gasteiger partial charge < -0.3 is 4.98 Å². The van der Waals surface area contributed by atoms with Crippen LogP contribution in [0.3, 0.4) is 0 Å². The lowest BCUT2D eigenvalue weighted by atomic mass is 10.4. The molecule has 5 nitrogen and oxygen atoms in total. The summed E-state index contributed by atoms with van der Waals surface area (Å²) in [4.78, 5) is 18.0. The molecule has 78 valence electrons. The van der Waals surface area contributed by atoms with Crippen LogP contribution in [-0.4, -0.2) is 20.2 Å². The zero-order valence-electron chi connectivity index (χ0n) is 7.52. The number of nitrogens with zero attached hydrogens (tertiary/aromatic N) is 3. The second-order valence-corrected chi connectivity index (χ2v) is 6.11. The van der Waals surface area contributed by atoms with Gasteiger partial charge in [-0.1, -0.05) is 11.3 Å². The molecular weight excluding hydrogens is 300 g/mol. The lowest BCUT2D eigenvalue weighted by Gasteiger charge is -1.95. The van der Waals surface area contributed by atoms with Crippen molar-refractivity contribution in [2.24, 2.45) is 0 Å². The zero-order chi connectivity index (χ0) is 10.8. The number of rotatable bonds is 2. The molecule has 0 aliphatic heterocycles. The first-order valence-corrected chi connectivity index (χ1v) is 6.30. The Bertz CT molecular complexity index is 538. The lowest BCUT2D eigenvalue weighted by molar-refractivity contribution is 0.911. The second-order valence-electron chi connectivity index (χ2n) is 2.62. The van der Waals surface area contributed by atoms with E-state index in [0.29, 0.717) is 14.6 Å². The summed E-state index contributed by atoms with van der Waals surface area (Å²) in [5.74, 6) is 0. The summed E-state index contributed by atoms with van der Waals surface area (Å²) in [6.07, 6.45) is 1.54. The van der Waals surface area contributed by atoms with Crippen LogP contribution in [0.25, 0.3) is 0 Å². The van der Waals surface area contributed by atoms with Crippen LogP contribution in [0.5, 0.6) is 0 Å². The quantitative estimate of drug-likeness (QED) is 0.857. The maximum Gasteiger partial charge on any atom is 0.254 e. The van der Waals surface area contributed by atoms with Crippen LogP contribution in [0.4, 0.5) is 0 Å². The van der Waals surface area contributed by atoms with E-state index >= 15 is 0 Å². The van der Waals surface area contributed by atoms with E-state index in [0.717, 1.165) is 4.34 Å². The van der Waals surface area contributed by atoms with Gasteiger partial charge in [0, 0.05) is 11.8 Å². The third-order valence-corrected chi connectivity index (χ3v) is 3.83. The van der Waals surface area contributed by atoms with E-state index in [1.54, 1.807) is 6.92 Å². The molecule has 2 rings (SSSR count). The summed E-state index contributed by atoms with van der Waals surface area (Å²) in [6, 6.07) is 0. The summed E-state index contributed by atoms with van der Waals surface area (Å²) in [5.41, 5.74) is 0.467. The summed E-state index contributed by atoms with van der Waals surface area (Å²) >= 11 is 5.88. The monoisotopic (exact) mass is 304 g/mol. The first kappa shape index (κ1) is 10.8.